The van der Waals surface area contributed by atoms with Gasteiger partial charge >= 0.3 is 0 Å². The molecule has 1 aliphatic rings. The lowest BCUT2D eigenvalue weighted by molar-refractivity contribution is -0.00462. The molecule has 106 valence electrons. The van der Waals surface area contributed by atoms with Gasteiger partial charge in [-0.25, -0.2) is 0 Å². The first kappa shape index (κ1) is 15.1. The SMILES string of the molecule is CC1(C)CCC(CN)(Cc2cccc(Cl)c2Cl)C1O. The van der Waals surface area contributed by atoms with Gasteiger partial charge < -0.3 is 10.8 Å². The summed E-state index contributed by atoms with van der Waals surface area (Å²) in [5, 5.41) is 11.8. The summed E-state index contributed by atoms with van der Waals surface area (Å²) in [4.78, 5) is 0. The molecule has 19 heavy (non-hydrogen) atoms. The third-order valence-corrected chi connectivity index (χ3v) is 5.43. The lowest BCUT2D eigenvalue weighted by Gasteiger charge is -2.36. The summed E-state index contributed by atoms with van der Waals surface area (Å²) in [6.45, 7) is 4.64. The topological polar surface area (TPSA) is 46.2 Å². The van der Waals surface area contributed by atoms with Gasteiger partial charge in [0.05, 0.1) is 16.1 Å². The number of hydrogen-bond donors (Lipinski definition) is 2. The highest BCUT2D eigenvalue weighted by molar-refractivity contribution is 6.42. The summed E-state index contributed by atoms with van der Waals surface area (Å²) in [7, 11) is 0. The van der Waals surface area contributed by atoms with Gasteiger partial charge in [-0.05, 0) is 36.3 Å². The predicted octanol–water partition coefficient (Wildman–Crippen LogP) is 3.66. The Morgan fingerprint density at radius 1 is 1.32 bits per heavy atom. The number of hydrogen-bond acceptors (Lipinski definition) is 2. The van der Waals surface area contributed by atoms with E-state index in [0.29, 0.717) is 23.0 Å². The Balaban J connectivity index is 2.32. The van der Waals surface area contributed by atoms with E-state index >= 15 is 0 Å². The Labute approximate surface area is 124 Å². The maximum absolute atomic E-state index is 10.6. The van der Waals surface area contributed by atoms with Crippen molar-refractivity contribution in [3.63, 3.8) is 0 Å². The summed E-state index contributed by atoms with van der Waals surface area (Å²) in [6.07, 6.45) is 2.15. The van der Waals surface area contributed by atoms with Gasteiger partial charge in [-0.3, -0.25) is 0 Å². The van der Waals surface area contributed by atoms with Crippen molar-refractivity contribution in [2.24, 2.45) is 16.6 Å². The highest BCUT2D eigenvalue weighted by Gasteiger charge is 2.51. The van der Waals surface area contributed by atoms with Crippen LogP contribution in [0.1, 0.15) is 32.3 Å². The van der Waals surface area contributed by atoms with E-state index in [9.17, 15) is 5.11 Å². The Morgan fingerprint density at radius 2 is 2.00 bits per heavy atom. The molecule has 2 atom stereocenters. The van der Waals surface area contributed by atoms with Crippen LogP contribution >= 0.6 is 23.2 Å². The van der Waals surface area contributed by atoms with Crippen LogP contribution in [-0.2, 0) is 6.42 Å². The first-order valence-corrected chi connectivity index (χ1v) is 7.39. The van der Waals surface area contributed by atoms with Crippen molar-refractivity contribution in [1.29, 1.82) is 0 Å². The van der Waals surface area contributed by atoms with E-state index in [1.807, 2.05) is 12.1 Å². The zero-order valence-corrected chi connectivity index (χ0v) is 12.9. The molecule has 1 aliphatic carbocycles. The van der Waals surface area contributed by atoms with Crippen LogP contribution in [0.5, 0.6) is 0 Å². The molecule has 4 heteroatoms. The molecule has 1 fully saturated rings. The predicted molar refractivity (Wildman–Crippen MR) is 80.7 cm³/mol. The first-order chi connectivity index (χ1) is 8.82. The van der Waals surface area contributed by atoms with Crippen LogP contribution < -0.4 is 5.73 Å². The van der Waals surface area contributed by atoms with Crippen molar-refractivity contribution in [3.8, 4) is 0 Å². The summed E-state index contributed by atoms with van der Waals surface area (Å²) < 4.78 is 0. The average molecular weight is 302 g/mol. The monoisotopic (exact) mass is 301 g/mol. The molecule has 2 nitrogen and oxygen atoms in total. The van der Waals surface area contributed by atoms with Gasteiger partial charge in [-0.2, -0.15) is 0 Å². The standard InChI is InChI=1S/C15H21Cl2NO/c1-14(2)6-7-15(9-18,13(14)19)8-10-4-3-5-11(16)12(10)17/h3-5,13,19H,6-9,18H2,1-2H3. The zero-order chi connectivity index (χ0) is 14.3. The van der Waals surface area contributed by atoms with Gasteiger partial charge in [-0.15, -0.1) is 0 Å². The van der Waals surface area contributed by atoms with Crippen LogP contribution in [0.15, 0.2) is 18.2 Å². The van der Waals surface area contributed by atoms with Crippen molar-refractivity contribution in [3.05, 3.63) is 33.8 Å². The van der Waals surface area contributed by atoms with Crippen LogP contribution in [0.2, 0.25) is 10.0 Å². The number of benzene rings is 1. The van der Waals surface area contributed by atoms with E-state index in [4.69, 9.17) is 28.9 Å². The normalized spacial score (nSPS) is 29.7. The highest BCUT2D eigenvalue weighted by atomic mass is 35.5. The van der Waals surface area contributed by atoms with E-state index in [1.165, 1.54) is 0 Å². The molecule has 3 N–H and O–H groups in total. The molecule has 0 spiro atoms. The second-order valence-corrected chi connectivity index (χ2v) is 7.13. The van der Waals surface area contributed by atoms with E-state index in [0.717, 1.165) is 18.4 Å². The number of aliphatic hydroxyl groups excluding tert-OH is 1. The van der Waals surface area contributed by atoms with Crippen LogP contribution in [0, 0.1) is 10.8 Å². The number of nitrogens with two attached hydrogens (primary N) is 1. The van der Waals surface area contributed by atoms with Gasteiger partial charge in [-0.1, -0.05) is 49.2 Å². The van der Waals surface area contributed by atoms with E-state index in [-0.39, 0.29) is 10.8 Å². The van der Waals surface area contributed by atoms with Gasteiger partial charge in [0, 0.05) is 12.0 Å². The molecule has 1 aromatic carbocycles. The zero-order valence-electron chi connectivity index (χ0n) is 11.4. The Morgan fingerprint density at radius 3 is 2.53 bits per heavy atom. The molecule has 0 radical (unpaired) electrons. The van der Waals surface area contributed by atoms with Crippen LogP contribution in [0.4, 0.5) is 0 Å². The van der Waals surface area contributed by atoms with E-state index < -0.39 is 6.10 Å². The summed E-state index contributed by atoms with van der Waals surface area (Å²) >= 11 is 12.3. The quantitative estimate of drug-likeness (QED) is 0.895. The average Bonchev–Trinajstić information content (AvgIpc) is 2.60. The molecule has 2 unspecified atom stereocenters. The van der Waals surface area contributed by atoms with E-state index in [2.05, 4.69) is 13.8 Å². The Bertz CT molecular complexity index is 475. The number of halogens is 2. The van der Waals surface area contributed by atoms with Crippen molar-refractivity contribution >= 4 is 23.2 Å². The molecule has 1 saturated carbocycles. The maximum Gasteiger partial charge on any atom is 0.0662 e. The number of rotatable bonds is 3. The molecule has 2 rings (SSSR count). The van der Waals surface area contributed by atoms with Gasteiger partial charge in [0.15, 0.2) is 0 Å². The van der Waals surface area contributed by atoms with Crippen LogP contribution in [-0.4, -0.2) is 17.8 Å². The first-order valence-electron chi connectivity index (χ1n) is 6.63. The number of aliphatic hydroxyl groups is 1. The van der Waals surface area contributed by atoms with Crippen LogP contribution in [0.3, 0.4) is 0 Å². The third kappa shape index (κ3) is 2.64. The van der Waals surface area contributed by atoms with E-state index in [1.54, 1.807) is 6.07 Å². The molecule has 1 aromatic rings. The summed E-state index contributed by atoms with van der Waals surface area (Å²) in [5.74, 6) is 0. The third-order valence-electron chi connectivity index (χ3n) is 4.57. The van der Waals surface area contributed by atoms with Gasteiger partial charge in [0.2, 0.25) is 0 Å². The second kappa shape index (κ2) is 5.25. The minimum atomic E-state index is -0.417. The van der Waals surface area contributed by atoms with Gasteiger partial charge in [0.1, 0.15) is 0 Å². The molecule has 0 aromatic heterocycles. The molecule has 0 heterocycles. The highest BCUT2D eigenvalue weighted by Crippen LogP contribution is 2.51. The smallest absolute Gasteiger partial charge is 0.0662 e. The molecular weight excluding hydrogens is 281 g/mol. The van der Waals surface area contributed by atoms with Crippen molar-refractivity contribution in [1.82, 2.24) is 0 Å². The van der Waals surface area contributed by atoms with Gasteiger partial charge in [0.25, 0.3) is 0 Å². The summed E-state index contributed by atoms with van der Waals surface area (Å²) in [6, 6.07) is 5.63. The lowest BCUT2D eigenvalue weighted by atomic mass is 9.74. The van der Waals surface area contributed by atoms with Crippen molar-refractivity contribution < 1.29 is 5.11 Å². The molecule has 0 amide bonds. The largest absolute Gasteiger partial charge is 0.392 e. The minimum absolute atomic E-state index is 0.0928. The molecule has 0 bridgehead atoms. The fourth-order valence-corrected chi connectivity index (χ4v) is 3.60. The fraction of sp³-hybridized carbons (Fsp3) is 0.600. The Kier molecular flexibility index (Phi) is 4.18. The van der Waals surface area contributed by atoms with Crippen molar-refractivity contribution in [2.75, 3.05) is 6.54 Å². The molecule has 0 aliphatic heterocycles. The Hall–Kier alpha value is -0.280. The molecule has 0 saturated heterocycles. The van der Waals surface area contributed by atoms with Crippen LogP contribution in [0.25, 0.3) is 0 Å². The fourth-order valence-electron chi connectivity index (χ4n) is 3.21. The second-order valence-electron chi connectivity index (χ2n) is 6.35. The maximum atomic E-state index is 10.6. The molecular formula is C15H21Cl2NO. The van der Waals surface area contributed by atoms with Crippen molar-refractivity contribution in [2.45, 2.75) is 39.2 Å². The summed E-state index contributed by atoms with van der Waals surface area (Å²) in [5.41, 5.74) is 6.56. The minimum Gasteiger partial charge on any atom is -0.392 e. The lowest BCUT2D eigenvalue weighted by Crippen LogP contribution is -2.44.